The minimum atomic E-state index is -0.893. The van der Waals surface area contributed by atoms with Gasteiger partial charge in [0.25, 0.3) is 5.91 Å². The molecule has 1 saturated heterocycles. The van der Waals surface area contributed by atoms with E-state index in [1.165, 1.54) is 17.0 Å². The van der Waals surface area contributed by atoms with Gasteiger partial charge in [-0.25, -0.2) is 13.6 Å². The Morgan fingerprint density at radius 1 is 1.26 bits per heavy atom. The lowest BCUT2D eigenvalue weighted by Crippen LogP contribution is -2.56. The van der Waals surface area contributed by atoms with Crippen molar-refractivity contribution in [2.75, 3.05) is 13.1 Å². The molecule has 1 amide bonds. The predicted octanol–water partition coefficient (Wildman–Crippen LogP) is 2.13. The molecule has 0 unspecified atom stereocenters. The van der Waals surface area contributed by atoms with E-state index in [4.69, 9.17) is 9.15 Å². The number of likely N-dealkylation sites (tertiary alicyclic amines) is 1. The van der Waals surface area contributed by atoms with E-state index in [9.17, 15) is 18.4 Å². The maximum Gasteiger partial charge on any atom is 0.339 e. The van der Waals surface area contributed by atoms with Crippen molar-refractivity contribution in [1.82, 2.24) is 4.90 Å². The number of benzene rings is 1. The van der Waals surface area contributed by atoms with E-state index in [2.05, 4.69) is 0 Å². The van der Waals surface area contributed by atoms with Crippen molar-refractivity contribution in [1.29, 1.82) is 0 Å². The minimum absolute atomic E-state index is 0.186. The molecule has 0 N–H and O–H groups in total. The summed E-state index contributed by atoms with van der Waals surface area (Å²) in [4.78, 5) is 24.6. The lowest BCUT2D eigenvalue weighted by Gasteiger charge is -2.39. The zero-order valence-corrected chi connectivity index (χ0v) is 12.2. The Hall–Kier alpha value is -2.70. The fourth-order valence-corrected chi connectivity index (χ4v) is 2.37. The topological polar surface area (TPSA) is 59.8 Å². The Labute approximate surface area is 130 Å². The third kappa shape index (κ3) is 3.08. The van der Waals surface area contributed by atoms with Crippen LogP contribution in [0.2, 0.25) is 0 Å². The molecule has 0 saturated carbocycles. The third-order valence-corrected chi connectivity index (χ3v) is 3.48. The van der Waals surface area contributed by atoms with Gasteiger partial charge in [-0.1, -0.05) is 6.07 Å². The van der Waals surface area contributed by atoms with E-state index in [-0.39, 0.29) is 19.2 Å². The first-order chi connectivity index (χ1) is 10.9. The van der Waals surface area contributed by atoms with Crippen LogP contribution in [0.5, 0.6) is 5.75 Å². The van der Waals surface area contributed by atoms with E-state index >= 15 is 0 Å². The third-order valence-electron chi connectivity index (χ3n) is 3.48. The lowest BCUT2D eigenvalue weighted by molar-refractivity contribution is 0.0168. The molecule has 0 radical (unpaired) electrons. The largest absolute Gasteiger partial charge is 0.486 e. The number of hydrogen-bond donors (Lipinski definition) is 0. The van der Waals surface area contributed by atoms with Crippen LogP contribution in [0.25, 0.3) is 0 Å². The van der Waals surface area contributed by atoms with Gasteiger partial charge >= 0.3 is 5.63 Å². The van der Waals surface area contributed by atoms with Crippen LogP contribution in [-0.4, -0.2) is 30.0 Å². The monoisotopic (exact) mass is 321 g/mol. The first-order valence-electron chi connectivity index (χ1n) is 6.96. The van der Waals surface area contributed by atoms with Crippen LogP contribution in [0.4, 0.5) is 8.78 Å². The number of carbonyl (C=O) groups is 1. The van der Waals surface area contributed by atoms with Crippen LogP contribution in [0, 0.1) is 18.6 Å². The smallest absolute Gasteiger partial charge is 0.339 e. The Bertz CT molecular complexity index is 792. The van der Waals surface area contributed by atoms with Crippen LogP contribution in [0.3, 0.4) is 0 Å². The molecule has 120 valence electrons. The fraction of sp³-hybridized carbons (Fsp3) is 0.250. The zero-order chi connectivity index (χ0) is 16.6. The second kappa shape index (κ2) is 5.83. The molecule has 3 rings (SSSR count). The molecule has 2 aromatic rings. The second-order valence-corrected chi connectivity index (χ2v) is 5.27. The van der Waals surface area contributed by atoms with E-state index < -0.39 is 28.7 Å². The normalized spacial score (nSPS) is 14.5. The summed E-state index contributed by atoms with van der Waals surface area (Å²) in [6.07, 6.45) is -0.338. The maximum absolute atomic E-state index is 13.6. The number of carbonyl (C=O) groups excluding carboxylic acids is 1. The average Bonchev–Trinajstić information content (AvgIpc) is 2.41. The van der Waals surface area contributed by atoms with Gasteiger partial charge in [0.1, 0.15) is 34.8 Å². The molecule has 0 atom stereocenters. The van der Waals surface area contributed by atoms with Crippen molar-refractivity contribution in [3.63, 3.8) is 0 Å². The second-order valence-electron chi connectivity index (χ2n) is 5.27. The quantitative estimate of drug-likeness (QED) is 0.869. The van der Waals surface area contributed by atoms with Crippen LogP contribution in [0.1, 0.15) is 16.1 Å². The molecule has 5 nitrogen and oxygen atoms in total. The average molecular weight is 321 g/mol. The Kier molecular flexibility index (Phi) is 3.85. The summed E-state index contributed by atoms with van der Waals surface area (Å²) in [5.41, 5.74) is -1.09. The molecular weight excluding hydrogens is 308 g/mol. The molecule has 1 aromatic heterocycles. The molecule has 1 aromatic carbocycles. The van der Waals surface area contributed by atoms with Gasteiger partial charge in [0.05, 0.1) is 19.2 Å². The van der Waals surface area contributed by atoms with E-state index in [1.807, 2.05) is 0 Å². The van der Waals surface area contributed by atoms with Crippen molar-refractivity contribution in [2.45, 2.75) is 13.0 Å². The molecule has 1 fully saturated rings. The van der Waals surface area contributed by atoms with Crippen molar-refractivity contribution in [3.05, 3.63) is 63.7 Å². The molecule has 2 heterocycles. The summed E-state index contributed by atoms with van der Waals surface area (Å²) in [5.74, 6) is -1.75. The minimum Gasteiger partial charge on any atom is -0.486 e. The number of hydrogen-bond acceptors (Lipinski definition) is 4. The number of amides is 1. The lowest BCUT2D eigenvalue weighted by atomic mass is 10.1. The molecule has 23 heavy (non-hydrogen) atoms. The fourth-order valence-electron chi connectivity index (χ4n) is 2.37. The summed E-state index contributed by atoms with van der Waals surface area (Å²) in [6, 6.07) is 6.04. The van der Waals surface area contributed by atoms with Gasteiger partial charge in [-0.15, -0.1) is 0 Å². The molecule has 0 bridgehead atoms. The van der Waals surface area contributed by atoms with Gasteiger partial charge in [0.2, 0.25) is 0 Å². The number of rotatable bonds is 3. The standard InChI is InChI=1S/C16H13F2NO4/c1-9-5-10(6-14(20)22-9)23-11-7-19(8-11)16(21)15-12(17)3-2-4-13(15)18/h2-6,11H,7-8H2,1H3. The molecular formula is C16H13F2NO4. The summed E-state index contributed by atoms with van der Waals surface area (Å²) < 4.78 is 37.5. The SMILES string of the molecule is Cc1cc(OC2CN(C(=O)c3c(F)cccc3F)C2)cc(=O)o1. The highest BCUT2D eigenvalue weighted by molar-refractivity contribution is 5.95. The van der Waals surface area contributed by atoms with Crippen LogP contribution >= 0.6 is 0 Å². The molecule has 7 heteroatoms. The molecule has 0 aliphatic carbocycles. The summed E-state index contributed by atoms with van der Waals surface area (Å²) >= 11 is 0. The van der Waals surface area contributed by atoms with Crippen LogP contribution < -0.4 is 10.4 Å². The maximum atomic E-state index is 13.6. The molecule has 1 aliphatic heterocycles. The highest BCUT2D eigenvalue weighted by Crippen LogP contribution is 2.22. The summed E-state index contributed by atoms with van der Waals surface area (Å²) in [5, 5.41) is 0. The Balaban J connectivity index is 1.65. The van der Waals surface area contributed by atoms with Crippen LogP contribution in [-0.2, 0) is 0 Å². The Morgan fingerprint density at radius 3 is 2.52 bits per heavy atom. The highest BCUT2D eigenvalue weighted by Gasteiger charge is 2.35. The summed E-state index contributed by atoms with van der Waals surface area (Å²) in [7, 11) is 0. The number of aryl methyl sites for hydroxylation is 1. The first-order valence-corrected chi connectivity index (χ1v) is 6.96. The van der Waals surface area contributed by atoms with E-state index in [0.29, 0.717) is 11.5 Å². The van der Waals surface area contributed by atoms with Gasteiger partial charge in [0, 0.05) is 6.07 Å². The van der Waals surface area contributed by atoms with Gasteiger partial charge in [-0.2, -0.15) is 0 Å². The zero-order valence-electron chi connectivity index (χ0n) is 12.2. The van der Waals surface area contributed by atoms with E-state index in [1.54, 1.807) is 13.0 Å². The Morgan fingerprint density at radius 2 is 1.91 bits per heavy atom. The van der Waals surface area contributed by atoms with Crippen molar-refractivity contribution in [3.8, 4) is 5.75 Å². The highest BCUT2D eigenvalue weighted by atomic mass is 19.1. The van der Waals surface area contributed by atoms with Crippen molar-refractivity contribution >= 4 is 5.91 Å². The van der Waals surface area contributed by atoms with Crippen LogP contribution in [0.15, 0.2) is 39.5 Å². The molecule has 1 aliphatic rings. The van der Waals surface area contributed by atoms with Crippen molar-refractivity contribution in [2.24, 2.45) is 0 Å². The van der Waals surface area contributed by atoms with Gasteiger partial charge in [-0.3, -0.25) is 4.79 Å². The van der Waals surface area contributed by atoms with Gasteiger partial charge in [0.15, 0.2) is 0 Å². The van der Waals surface area contributed by atoms with Gasteiger partial charge < -0.3 is 14.1 Å². The number of halogens is 2. The van der Waals surface area contributed by atoms with Gasteiger partial charge in [-0.05, 0) is 19.1 Å². The van der Waals surface area contributed by atoms with Crippen molar-refractivity contribution < 1.29 is 22.7 Å². The summed E-state index contributed by atoms with van der Waals surface area (Å²) in [6.45, 7) is 1.99. The number of ether oxygens (including phenoxy) is 1. The number of nitrogens with zero attached hydrogens (tertiary/aromatic N) is 1. The van der Waals surface area contributed by atoms with E-state index in [0.717, 1.165) is 12.1 Å². The molecule has 0 spiro atoms. The predicted molar refractivity (Wildman–Crippen MR) is 76.4 cm³/mol. The first kappa shape index (κ1) is 15.2.